The molecule has 20 heavy (non-hydrogen) atoms. The van der Waals surface area contributed by atoms with E-state index in [1.165, 1.54) is 16.5 Å². The number of rotatable bonds is 3. The summed E-state index contributed by atoms with van der Waals surface area (Å²) in [7, 11) is 4.28. The summed E-state index contributed by atoms with van der Waals surface area (Å²) >= 11 is 0. The second kappa shape index (κ2) is 4.81. The summed E-state index contributed by atoms with van der Waals surface area (Å²) in [5.74, 6) is 1.08. The first-order chi connectivity index (χ1) is 9.49. The number of benzene rings is 1. The predicted octanol–water partition coefficient (Wildman–Crippen LogP) is 3.31. The van der Waals surface area contributed by atoms with Crippen molar-refractivity contribution >= 4 is 10.9 Å². The molecule has 1 aromatic heterocycles. The molecule has 0 unspecified atom stereocenters. The Bertz CT molecular complexity index is 625. The fourth-order valence-electron chi connectivity index (χ4n) is 2.83. The summed E-state index contributed by atoms with van der Waals surface area (Å²) in [5.41, 5.74) is 2.84. The molecule has 0 fully saturated rings. The van der Waals surface area contributed by atoms with Gasteiger partial charge in [0, 0.05) is 34.7 Å². The standard InChI is InChI=1S/C17H24N2O/c1-17(2,18(3)4)12-19-10-9-13-14-6-5-11-20-16(14)8-7-15(13)19/h7-10H,5-6,11-12H2,1-4H3. The zero-order valence-electron chi connectivity index (χ0n) is 12.9. The fraction of sp³-hybridized carbons (Fsp3) is 0.529. The van der Waals surface area contributed by atoms with Crippen molar-refractivity contribution in [2.24, 2.45) is 0 Å². The number of nitrogens with zero attached hydrogens (tertiary/aromatic N) is 2. The van der Waals surface area contributed by atoms with Gasteiger partial charge >= 0.3 is 0 Å². The molecule has 3 nitrogen and oxygen atoms in total. The summed E-state index contributed by atoms with van der Waals surface area (Å²) in [6.07, 6.45) is 4.47. The van der Waals surface area contributed by atoms with E-state index in [1.807, 2.05) is 0 Å². The van der Waals surface area contributed by atoms with Crippen LogP contribution in [0, 0.1) is 0 Å². The molecule has 0 saturated carbocycles. The van der Waals surface area contributed by atoms with Crippen LogP contribution in [-0.2, 0) is 13.0 Å². The van der Waals surface area contributed by atoms with E-state index in [0.29, 0.717) is 0 Å². The maximum absolute atomic E-state index is 5.76. The molecule has 0 bridgehead atoms. The van der Waals surface area contributed by atoms with E-state index in [0.717, 1.165) is 31.7 Å². The van der Waals surface area contributed by atoms with Gasteiger partial charge in [0.1, 0.15) is 5.75 Å². The molecule has 1 aromatic carbocycles. The number of fused-ring (bicyclic) bond motifs is 3. The van der Waals surface area contributed by atoms with Gasteiger partial charge in [-0.2, -0.15) is 0 Å². The van der Waals surface area contributed by atoms with Gasteiger partial charge in [0.2, 0.25) is 0 Å². The Morgan fingerprint density at radius 1 is 1.25 bits per heavy atom. The second-order valence-corrected chi connectivity index (χ2v) is 6.58. The number of aromatic nitrogens is 1. The first kappa shape index (κ1) is 13.5. The third-order valence-electron chi connectivity index (χ3n) is 4.62. The highest BCUT2D eigenvalue weighted by molar-refractivity contribution is 5.86. The van der Waals surface area contributed by atoms with E-state index in [9.17, 15) is 0 Å². The van der Waals surface area contributed by atoms with Crippen molar-refractivity contribution in [3.05, 3.63) is 30.0 Å². The Balaban J connectivity index is 2.02. The van der Waals surface area contributed by atoms with Crippen LogP contribution in [0.4, 0.5) is 0 Å². The average Bonchev–Trinajstić information content (AvgIpc) is 2.81. The van der Waals surface area contributed by atoms with Crippen molar-refractivity contribution in [3.63, 3.8) is 0 Å². The first-order valence-corrected chi connectivity index (χ1v) is 7.40. The molecule has 2 heterocycles. The van der Waals surface area contributed by atoms with Crippen molar-refractivity contribution < 1.29 is 4.74 Å². The van der Waals surface area contributed by atoms with E-state index < -0.39 is 0 Å². The van der Waals surface area contributed by atoms with E-state index in [-0.39, 0.29) is 5.54 Å². The van der Waals surface area contributed by atoms with Crippen LogP contribution in [-0.4, -0.2) is 35.7 Å². The maximum Gasteiger partial charge on any atom is 0.123 e. The first-order valence-electron chi connectivity index (χ1n) is 7.40. The zero-order chi connectivity index (χ0) is 14.3. The summed E-state index contributed by atoms with van der Waals surface area (Å²) in [6.45, 7) is 6.40. The van der Waals surface area contributed by atoms with Crippen molar-refractivity contribution in [3.8, 4) is 5.75 Å². The second-order valence-electron chi connectivity index (χ2n) is 6.58. The Kier molecular flexibility index (Phi) is 3.25. The molecule has 0 aliphatic carbocycles. The van der Waals surface area contributed by atoms with Crippen molar-refractivity contribution in [2.45, 2.75) is 38.8 Å². The SMILES string of the molecule is CN(C)C(C)(C)Cn1ccc2c3c(ccc21)OCCC3. The molecule has 0 amide bonds. The van der Waals surface area contributed by atoms with Gasteiger partial charge in [-0.05, 0) is 59.0 Å². The average molecular weight is 272 g/mol. The highest BCUT2D eigenvalue weighted by Gasteiger charge is 2.22. The minimum absolute atomic E-state index is 0.137. The highest BCUT2D eigenvalue weighted by Crippen LogP contribution is 2.33. The Morgan fingerprint density at radius 3 is 2.80 bits per heavy atom. The van der Waals surface area contributed by atoms with Gasteiger partial charge in [0.25, 0.3) is 0 Å². The molecular formula is C17H24N2O. The molecule has 0 spiro atoms. The predicted molar refractivity (Wildman–Crippen MR) is 83.5 cm³/mol. The van der Waals surface area contributed by atoms with E-state index in [1.54, 1.807) is 0 Å². The number of ether oxygens (including phenoxy) is 1. The molecule has 3 rings (SSSR count). The lowest BCUT2D eigenvalue weighted by molar-refractivity contribution is 0.171. The van der Waals surface area contributed by atoms with E-state index >= 15 is 0 Å². The molecule has 3 heteroatoms. The van der Waals surface area contributed by atoms with Crippen molar-refractivity contribution in [1.82, 2.24) is 9.47 Å². The lowest BCUT2D eigenvalue weighted by Gasteiger charge is -2.33. The molecule has 1 aliphatic rings. The van der Waals surface area contributed by atoms with Gasteiger partial charge in [0.15, 0.2) is 0 Å². The van der Waals surface area contributed by atoms with Crippen LogP contribution in [0.1, 0.15) is 25.8 Å². The third-order valence-corrected chi connectivity index (χ3v) is 4.62. The van der Waals surface area contributed by atoms with Crippen LogP contribution in [0.2, 0.25) is 0 Å². The fourth-order valence-corrected chi connectivity index (χ4v) is 2.83. The molecule has 1 aliphatic heterocycles. The van der Waals surface area contributed by atoms with Crippen LogP contribution in [0.5, 0.6) is 5.75 Å². The lowest BCUT2D eigenvalue weighted by Crippen LogP contribution is -2.41. The number of hydrogen-bond acceptors (Lipinski definition) is 2. The van der Waals surface area contributed by atoms with Gasteiger partial charge < -0.3 is 14.2 Å². The highest BCUT2D eigenvalue weighted by atomic mass is 16.5. The van der Waals surface area contributed by atoms with E-state index in [4.69, 9.17) is 4.74 Å². The lowest BCUT2D eigenvalue weighted by atomic mass is 10.0. The van der Waals surface area contributed by atoms with Gasteiger partial charge in [-0.3, -0.25) is 0 Å². The van der Waals surface area contributed by atoms with Crippen molar-refractivity contribution in [2.75, 3.05) is 20.7 Å². The minimum atomic E-state index is 0.137. The van der Waals surface area contributed by atoms with Gasteiger partial charge in [0.05, 0.1) is 6.61 Å². The quantitative estimate of drug-likeness (QED) is 0.853. The molecule has 0 N–H and O–H groups in total. The molecular weight excluding hydrogens is 248 g/mol. The summed E-state index contributed by atoms with van der Waals surface area (Å²) in [5, 5.41) is 1.36. The normalized spacial score (nSPS) is 15.4. The van der Waals surface area contributed by atoms with Gasteiger partial charge in [-0.1, -0.05) is 0 Å². The minimum Gasteiger partial charge on any atom is -0.493 e. The molecule has 0 radical (unpaired) electrons. The smallest absolute Gasteiger partial charge is 0.123 e. The van der Waals surface area contributed by atoms with Crippen LogP contribution >= 0.6 is 0 Å². The summed E-state index contributed by atoms with van der Waals surface area (Å²) < 4.78 is 8.13. The van der Waals surface area contributed by atoms with Gasteiger partial charge in [-0.25, -0.2) is 0 Å². The number of aryl methyl sites for hydroxylation is 1. The molecule has 0 atom stereocenters. The third kappa shape index (κ3) is 2.20. The van der Waals surface area contributed by atoms with E-state index in [2.05, 4.69) is 61.8 Å². The number of likely N-dealkylation sites (N-methyl/N-ethyl adjacent to an activating group) is 1. The largest absolute Gasteiger partial charge is 0.493 e. The molecule has 108 valence electrons. The van der Waals surface area contributed by atoms with Crippen LogP contribution in [0.3, 0.4) is 0 Å². The Hall–Kier alpha value is -1.48. The topological polar surface area (TPSA) is 17.4 Å². The maximum atomic E-state index is 5.76. The van der Waals surface area contributed by atoms with Crippen molar-refractivity contribution in [1.29, 1.82) is 0 Å². The molecule has 2 aromatic rings. The Morgan fingerprint density at radius 2 is 2.05 bits per heavy atom. The summed E-state index contributed by atoms with van der Waals surface area (Å²) in [4.78, 5) is 2.28. The monoisotopic (exact) mass is 272 g/mol. The summed E-state index contributed by atoms with van der Waals surface area (Å²) in [6, 6.07) is 6.58. The molecule has 0 saturated heterocycles. The van der Waals surface area contributed by atoms with Crippen LogP contribution < -0.4 is 4.74 Å². The number of hydrogen-bond donors (Lipinski definition) is 0. The van der Waals surface area contributed by atoms with Crippen LogP contribution in [0.25, 0.3) is 10.9 Å². The Labute approximate surface area is 121 Å². The van der Waals surface area contributed by atoms with Crippen LogP contribution in [0.15, 0.2) is 24.4 Å². The zero-order valence-corrected chi connectivity index (χ0v) is 12.9. The van der Waals surface area contributed by atoms with Gasteiger partial charge in [-0.15, -0.1) is 0 Å².